The molecule has 1 N–H and O–H groups in total. The van der Waals surface area contributed by atoms with E-state index in [1.165, 1.54) is 41.3 Å². The molecule has 1 heterocycles. The van der Waals surface area contributed by atoms with E-state index in [4.69, 9.17) is 11.6 Å². The Hall–Kier alpha value is -3.13. The molecule has 9 heteroatoms. The standard InChI is InChI=1S/C22H19ClF3N3O2/c1-2-10-29(13-19-27-18-11-15(23)8-9-16(18)21(31)28-19)20(30)12-17(22(24,25)26)14-6-4-3-5-7-14/h3-9,11-12H,2,10,13H2,1H3,(H,27,28,31)/b17-12-. The fraction of sp³-hybridized carbons (Fsp3) is 0.227. The first-order chi connectivity index (χ1) is 14.7. The van der Waals surface area contributed by atoms with Crippen LogP contribution in [0.2, 0.25) is 5.02 Å². The Balaban J connectivity index is 1.96. The highest BCUT2D eigenvalue weighted by Crippen LogP contribution is 2.33. The highest BCUT2D eigenvalue weighted by atomic mass is 35.5. The third kappa shape index (κ3) is 5.52. The zero-order chi connectivity index (χ0) is 22.6. The topological polar surface area (TPSA) is 66.1 Å². The molecule has 5 nitrogen and oxygen atoms in total. The van der Waals surface area contributed by atoms with Crippen molar-refractivity contribution in [1.82, 2.24) is 14.9 Å². The summed E-state index contributed by atoms with van der Waals surface area (Å²) in [5.41, 5.74) is -1.22. The lowest BCUT2D eigenvalue weighted by molar-refractivity contribution is -0.127. The molecule has 0 saturated carbocycles. The summed E-state index contributed by atoms with van der Waals surface area (Å²) in [6, 6.07) is 11.7. The third-order valence-electron chi connectivity index (χ3n) is 4.52. The first-order valence-corrected chi connectivity index (χ1v) is 9.88. The molecular weight excluding hydrogens is 431 g/mol. The van der Waals surface area contributed by atoms with Gasteiger partial charge in [-0.2, -0.15) is 13.2 Å². The molecule has 0 spiro atoms. The predicted octanol–water partition coefficient (Wildman–Crippen LogP) is 4.96. The number of nitrogens with one attached hydrogen (secondary N) is 1. The first kappa shape index (κ1) is 22.6. The van der Waals surface area contributed by atoms with Crippen LogP contribution in [0, 0.1) is 0 Å². The molecule has 162 valence electrons. The molecule has 1 amide bonds. The van der Waals surface area contributed by atoms with Crippen LogP contribution in [0.1, 0.15) is 24.7 Å². The molecule has 3 aromatic rings. The van der Waals surface area contributed by atoms with E-state index in [-0.39, 0.29) is 24.5 Å². The second-order valence-electron chi connectivity index (χ2n) is 6.86. The van der Waals surface area contributed by atoms with Crippen molar-refractivity contribution in [3.05, 3.63) is 81.4 Å². The molecule has 0 unspecified atom stereocenters. The number of carbonyl (C=O) groups excluding carboxylic acids is 1. The van der Waals surface area contributed by atoms with E-state index in [0.717, 1.165) is 0 Å². The Morgan fingerprint density at radius 1 is 1.19 bits per heavy atom. The minimum atomic E-state index is -4.71. The molecule has 0 atom stereocenters. The average molecular weight is 450 g/mol. The lowest BCUT2D eigenvalue weighted by Crippen LogP contribution is -2.32. The summed E-state index contributed by atoms with van der Waals surface area (Å²) in [5.74, 6) is -0.671. The summed E-state index contributed by atoms with van der Waals surface area (Å²) < 4.78 is 40.8. The number of alkyl halides is 3. The van der Waals surface area contributed by atoms with Crippen LogP contribution in [0.5, 0.6) is 0 Å². The fourth-order valence-electron chi connectivity index (χ4n) is 3.12. The zero-order valence-electron chi connectivity index (χ0n) is 16.5. The second kappa shape index (κ2) is 9.34. The summed E-state index contributed by atoms with van der Waals surface area (Å²) in [5, 5.41) is 0.712. The Kier molecular flexibility index (Phi) is 6.80. The number of aromatic nitrogens is 2. The van der Waals surface area contributed by atoms with Gasteiger partial charge in [-0.05, 0) is 30.2 Å². The molecule has 0 aliphatic rings. The number of benzene rings is 2. The van der Waals surface area contributed by atoms with Gasteiger partial charge in [0.1, 0.15) is 5.82 Å². The predicted molar refractivity (Wildman–Crippen MR) is 114 cm³/mol. The van der Waals surface area contributed by atoms with E-state index in [0.29, 0.717) is 28.4 Å². The van der Waals surface area contributed by atoms with Crippen LogP contribution in [-0.2, 0) is 11.3 Å². The van der Waals surface area contributed by atoms with Gasteiger partial charge in [0.05, 0.1) is 23.0 Å². The Morgan fingerprint density at radius 3 is 2.55 bits per heavy atom. The van der Waals surface area contributed by atoms with Gasteiger partial charge in [0, 0.05) is 17.6 Å². The fourth-order valence-corrected chi connectivity index (χ4v) is 3.28. The number of fused-ring (bicyclic) bond motifs is 1. The van der Waals surface area contributed by atoms with Crippen LogP contribution in [0.15, 0.2) is 59.4 Å². The van der Waals surface area contributed by atoms with E-state index in [9.17, 15) is 22.8 Å². The van der Waals surface area contributed by atoms with Crippen molar-refractivity contribution in [3.8, 4) is 0 Å². The molecular formula is C22H19ClF3N3O2. The zero-order valence-corrected chi connectivity index (χ0v) is 17.3. The number of amides is 1. The van der Waals surface area contributed by atoms with Crippen molar-refractivity contribution in [2.45, 2.75) is 26.1 Å². The Bertz CT molecular complexity index is 1170. The number of halogens is 4. The number of rotatable bonds is 6. The minimum Gasteiger partial charge on any atom is -0.332 e. The van der Waals surface area contributed by atoms with Gasteiger partial charge < -0.3 is 9.88 Å². The second-order valence-corrected chi connectivity index (χ2v) is 7.29. The van der Waals surface area contributed by atoms with Crippen LogP contribution >= 0.6 is 11.6 Å². The van der Waals surface area contributed by atoms with E-state index in [2.05, 4.69) is 9.97 Å². The van der Waals surface area contributed by atoms with Crippen molar-refractivity contribution < 1.29 is 18.0 Å². The lowest BCUT2D eigenvalue weighted by Gasteiger charge is -2.21. The largest absolute Gasteiger partial charge is 0.417 e. The summed E-state index contributed by atoms with van der Waals surface area (Å²) in [4.78, 5) is 33.2. The number of hydrogen-bond acceptors (Lipinski definition) is 3. The minimum absolute atomic E-state index is 0.105. The molecule has 2 aromatic carbocycles. The van der Waals surface area contributed by atoms with Crippen molar-refractivity contribution >= 4 is 34.0 Å². The number of allylic oxidation sites excluding steroid dienone is 1. The number of H-pyrrole nitrogens is 1. The van der Waals surface area contributed by atoms with Gasteiger partial charge in [-0.3, -0.25) is 9.59 Å². The molecule has 3 rings (SSSR count). The van der Waals surface area contributed by atoms with Crippen LogP contribution in [-0.4, -0.2) is 33.5 Å². The van der Waals surface area contributed by atoms with Crippen LogP contribution in [0.4, 0.5) is 13.2 Å². The van der Waals surface area contributed by atoms with Crippen molar-refractivity contribution in [2.24, 2.45) is 0 Å². The van der Waals surface area contributed by atoms with Gasteiger partial charge in [-0.15, -0.1) is 0 Å². The number of aromatic amines is 1. The van der Waals surface area contributed by atoms with Crippen molar-refractivity contribution in [3.63, 3.8) is 0 Å². The molecule has 0 aliphatic carbocycles. The third-order valence-corrected chi connectivity index (χ3v) is 4.76. The summed E-state index contributed by atoms with van der Waals surface area (Å²) in [6.45, 7) is 1.83. The molecule has 0 radical (unpaired) electrons. The van der Waals surface area contributed by atoms with Gasteiger partial charge in [0.15, 0.2) is 0 Å². The molecule has 0 saturated heterocycles. The highest BCUT2D eigenvalue weighted by Gasteiger charge is 2.35. The van der Waals surface area contributed by atoms with Gasteiger partial charge in [-0.25, -0.2) is 4.98 Å². The first-order valence-electron chi connectivity index (χ1n) is 9.50. The van der Waals surface area contributed by atoms with Crippen LogP contribution in [0.3, 0.4) is 0 Å². The number of nitrogens with zero attached hydrogens (tertiary/aromatic N) is 2. The Morgan fingerprint density at radius 2 is 1.90 bits per heavy atom. The summed E-state index contributed by atoms with van der Waals surface area (Å²) in [7, 11) is 0. The van der Waals surface area contributed by atoms with Gasteiger partial charge in [-0.1, -0.05) is 48.9 Å². The maximum atomic E-state index is 13.6. The monoisotopic (exact) mass is 449 g/mol. The molecule has 1 aromatic heterocycles. The SMILES string of the molecule is CCCN(Cc1nc2cc(Cl)ccc2c(=O)[nH]1)C(=O)/C=C(/c1ccccc1)C(F)(F)F. The van der Waals surface area contributed by atoms with E-state index in [1.807, 2.05) is 0 Å². The summed E-state index contributed by atoms with van der Waals surface area (Å²) >= 11 is 5.96. The Labute approximate surface area is 181 Å². The number of carbonyl (C=O) groups is 1. The van der Waals surface area contributed by atoms with Gasteiger partial charge in [0.25, 0.3) is 5.56 Å². The maximum absolute atomic E-state index is 13.6. The average Bonchev–Trinajstić information content (AvgIpc) is 2.71. The molecule has 0 aliphatic heterocycles. The maximum Gasteiger partial charge on any atom is 0.417 e. The van der Waals surface area contributed by atoms with Gasteiger partial charge in [0.2, 0.25) is 5.91 Å². The number of hydrogen-bond donors (Lipinski definition) is 1. The molecule has 31 heavy (non-hydrogen) atoms. The molecule has 0 bridgehead atoms. The van der Waals surface area contributed by atoms with Crippen molar-refractivity contribution in [1.29, 1.82) is 0 Å². The highest BCUT2D eigenvalue weighted by molar-refractivity contribution is 6.31. The van der Waals surface area contributed by atoms with Gasteiger partial charge >= 0.3 is 6.18 Å². The summed E-state index contributed by atoms with van der Waals surface area (Å²) in [6.07, 6.45) is -3.61. The smallest absolute Gasteiger partial charge is 0.332 e. The van der Waals surface area contributed by atoms with Crippen LogP contribution in [0.25, 0.3) is 16.5 Å². The lowest BCUT2D eigenvalue weighted by atomic mass is 10.0. The van der Waals surface area contributed by atoms with Crippen LogP contribution < -0.4 is 5.56 Å². The quantitative estimate of drug-likeness (QED) is 0.541. The van der Waals surface area contributed by atoms with E-state index in [1.54, 1.807) is 19.1 Å². The van der Waals surface area contributed by atoms with Crippen molar-refractivity contribution in [2.75, 3.05) is 6.54 Å². The van der Waals surface area contributed by atoms with E-state index < -0.39 is 23.2 Å². The molecule has 0 fully saturated rings. The normalized spacial score (nSPS) is 12.2. The van der Waals surface area contributed by atoms with E-state index >= 15 is 0 Å².